The molecule has 0 radical (unpaired) electrons. The Kier molecular flexibility index (Phi) is 4.59. The second-order valence-electron chi connectivity index (χ2n) is 7.37. The van der Waals surface area contributed by atoms with Crippen LogP contribution in [0.1, 0.15) is 41.1 Å². The number of hydrogen-bond donors (Lipinski definition) is 1. The van der Waals surface area contributed by atoms with Crippen LogP contribution in [-0.2, 0) is 13.0 Å². The summed E-state index contributed by atoms with van der Waals surface area (Å²) in [5.41, 5.74) is 1.20. The van der Waals surface area contributed by atoms with Crippen LogP contribution in [0.5, 0.6) is 0 Å². The minimum atomic E-state index is -0.323. The zero-order valence-corrected chi connectivity index (χ0v) is 15.8. The van der Waals surface area contributed by atoms with Gasteiger partial charge in [-0.25, -0.2) is 4.39 Å². The van der Waals surface area contributed by atoms with E-state index in [1.165, 1.54) is 12.1 Å². The first kappa shape index (κ1) is 18.0. The molecule has 2 aromatic heterocycles. The summed E-state index contributed by atoms with van der Waals surface area (Å²) in [7, 11) is 0. The van der Waals surface area contributed by atoms with Crippen LogP contribution in [0, 0.1) is 5.82 Å². The van der Waals surface area contributed by atoms with Gasteiger partial charge in [0.1, 0.15) is 17.3 Å². The third kappa shape index (κ3) is 3.31. The monoisotopic (exact) mass is 396 g/mol. The maximum atomic E-state index is 13.1. The predicted octanol–water partition coefficient (Wildman–Crippen LogP) is 2.20. The van der Waals surface area contributed by atoms with Crippen LogP contribution in [0.3, 0.4) is 0 Å². The number of benzene rings is 1. The van der Waals surface area contributed by atoms with Gasteiger partial charge in [-0.3, -0.25) is 4.79 Å². The molecule has 1 amide bonds. The van der Waals surface area contributed by atoms with Crippen LogP contribution in [0.15, 0.2) is 34.9 Å². The Labute approximate surface area is 166 Å². The Hall–Kier alpha value is -3.07. The smallest absolute Gasteiger partial charge is 0.293 e. The maximum Gasteiger partial charge on any atom is 0.293 e. The Morgan fingerprint density at radius 2 is 2.03 bits per heavy atom. The number of nitrogens with one attached hydrogen (secondary N) is 1. The highest BCUT2D eigenvalue weighted by Crippen LogP contribution is 2.33. The fourth-order valence-corrected chi connectivity index (χ4v) is 4.09. The number of carbonyl (C=O) groups excluding carboxylic acids is 1. The zero-order valence-electron chi connectivity index (χ0n) is 15.8. The summed E-state index contributed by atoms with van der Waals surface area (Å²) in [5, 5.41) is 16.1. The maximum absolute atomic E-state index is 13.1. The molecule has 5 rings (SSSR count). The molecule has 0 bridgehead atoms. The predicted molar refractivity (Wildman–Crippen MR) is 102 cm³/mol. The highest BCUT2D eigenvalue weighted by atomic mass is 19.1. The lowest BCUT2D eigenvalue weighted by Crippen LogP contribution is -2.32. The van der Waals surface area contributed by atoms with Crippen molar-refractivity contribution in [3.8, 4) is 11.3 Å². The molecule has 150 valence electrons. The molecule has 1 atom stereocenters. The normalized spacial score (nSPS) is 19.2. The van der Waals surface area contributed by atoms with Gasteiger partial charge in [-0.1, -0.05) is 5.16 Å². The molecule has 0 saturated carbocycles. The number of rotatable bonds is 3. The van der Waals surface area contributed by atoms with E-state index in [2.05, 4.69) is 25.2 Å². The highest BCUT2D eigenvalue weighted by molar-refractivity contribution is 5.92. The highest BCUT2D eigenvalue weighted by Gasteiger charge is 2.36. The van der Waals surface area contributed by atoms with Crippen LogP contribution in [-0.4, -0.2) is 50.4 Å². The molecule has 8 nitrogen and oxygen atoms in total. The van der Waals surface area contributed by atoms with Crippen LogP contribution in [0.25, 0.3) is 11.3 Å². The van der Waals surface area contributed by atoms with E-state index in [-0.39, 0.29) is 23.5 Å². The first-order chi connectivity index (χ1) is 14.2. The van der Waals surface area contributed by atoms with Crippen molar-refractivity contribution in [2.75, 3.05) is 19.6 Å². The Bertz CT molecular complexity index is 1030. The minimum absolute atomic E-state index is 0.124. The van der Waals surface area contributed by atoms with Gasteiger partial charge in [0.25, 0.3) is 5.91 Å². The third-order valence-corrected chi connectivity index (χ3v) is 5.57. The lowest BCUT2D eigenvalue weighted by molar-refractivity contribution is 0.0685. The van der Waals surface area contributed by atoms with Crippen molar-refractivity contribution < 1.29 is 13.7 Å². The number of fused-ring (bicyclic) bond motifs is 1. The van der Waals surface area contributed by atoms with Crippen molar-refractivity contribution in [3.05, 3.63) is 53.6 Å². The van der Waals surface area contributed by atoms with Crippen LogP contribution >= 0.6 is 0 Å². The van der Waals surface area contributed by atoms with Gasteiger partial charge in [-0.15, -0.1) is 10.2 Å². The van der Waals surface area contributed by atoms with Gasteiger partial charge in [0.15, 0.2) is 5.82 Å². The molecule has 9 heteroatoms. The Morgan fingerprint density at radius 3 is 2.90 bits per heavy atom. The molecule has 0 spiro atoms. The molecule has 2 aliphatic heterocycles. The molecule has 1 aromatic carbocycles. The summed E-state index contributed by atoms with van der Waals surface area (Å²) in [6.07, 6.45) is 2.57. The number of halogens is 1. The van der Waals surface area contributed by atoms with Gasteiger partial charge >= 0.3 is 0 Å². The number of amides is 1. The van der Waals surface area contributed by atoms with Crippen LogP contribution in [0.2, 0.25) is 0 Å². The fraction of sp³-hybridized carbons (Fsp3) is 0.400. The largest absolute Gasteiger partial charge is 0.350 e. The molecule has 1 fully saturated rings. The van der Waals surface area contributed by atoms with Gasteiger partial charge in [-0.05, 0) is 37.1 Å². The van der Waals surface area contributed by atoms with Crippen molar-refractivity contribution >= 4 is 5.91 Å². The summed E-state index contributed by atoms with van der Waals surface area (Å²) in [4.78, 5) is 14.9. The lowest BCUT2D eigenvalue weighted by Gasteiger charge is -2.23. The summed E-state index contributed by atoms with van der Waals surface area (Å²) in [5.74, 6) is 1.44. The molecule has 1 N–H and O–H groups in total. The van der Waals surface area contributed by atoms with E-state index < -0.39 is 0 Å². The summed E-state index contributed by atoms with van der Waals surface area (Å²) in [6.45, 7) is 3.18. The quantitative estimate of drug-likeness (QED) is 0.730. The van der Waals surface area contributed by atoms with E-state index in [1.54, 1.807) is 23.1 Å². The summed E-state index contributed by atoms with van der Waals surface area (Å²) >= 11 is 0. The molecular weight excluding hydrogens is 375 g/mol. The van der Waals surface area contributed by atoms with Gasteiger partial charge in [-0.2, -0.15) is 0 Å². The standard InChI is InChI=1S/C20H21FN6O2/c21-14-5-3-13(4-6-14)15-12-17(29-25-15)20(28)26-10-1-2-16(26)19-24-23-18-7-8-22-9-11-27(18)19/h3-6,12,16,22H,1-2,7-11H2/t16-/m1/s1. The SMILES string of the molecule is O=C(c1cc(-c2ccc(F)cc2)no1)N1CCC[C@@H]1c1nnc2n1CCNCC2. The van der Waals surface area contributed by atoms with E-state index in [9.17, 15) is 9.18 Å². The van der Waals surface area contributed by atoms with Gasteiger partial charge in [0.05, 0.1) is 6.04 Å². The molecule has 0 unspecified atom stereocenters. The number of hydrogen-bond acceptors (Lipinski definition) is 6. The first-order valence-corrected chi connectivity index (χ1v) is 9.87. The molecular formula is C20H21FN6O2. The third-order valence-electron chi connectivity index (χ3n) is 5.57. The summed E-state index contributed by atoms with van der Waals surface area (Å²) < 4.78 is 20.6. The molecule has 4 heterocycles. The number of carbonyl (C=O) groups is 1. The minimum Gasteiger partial charge on any atom is -0.350 e. The van der Waals surface area contributed by atoms with Crippen molar-refractivity contribution in [2.24, 2.45) is 0 Å². The Morgan fingerprint density at radius 1 is 1.17 bits per heavy atom. The van der Waals surface area contributed by atoms with Crippen molar-refractivity contribution in [1.29, 1.82) is 0 Å². The van der Waals surface area contributed by atoms with Gasteiger partial charge in [0, 0.05) is 44.2 Å². The van der Waals surface area contributed by atoms with Crippen molar-refractivity contribution in [2.45, 2.75) is 31.8 Å². The average molecular weight is 396 g/mol. The topological polar surface area (TPSA) is 89.1 Å². The van der Waals surface area contributed by atoms with Crippen LogP contribution in [0.4, 0.5) is 4.39 Å². The molecule has 29 heavy (non-hydrogen) atoms. The second-order valence-corrected chi connectivity index (χ2v) is 7.37. The second kappa shape index (κ2) is 7.40. The van der Waals surface area contributed by atoms with E-state index in [1.807, 2.05) is 0 Å². The number of aromatic nitrogens is 4. The van der Waals surface area contributed by atoms with Crippen molar-refractivity contribution in [1.82, 2.24) is 30.1 Å². The molecule has 3 aromatic rings. The van der Waals surface area contributed by atoms with E-state index in [0.29, 0.717) is 17.8 Å². The number of nitrogens with zero attached hydrogens (tertiary/aromatic N) is 5. The van der Waals surface area contributed by atoms with E-state index in [0.717, 1.165) is 50.5 Å². The first-order valence-electron chi connectivity index (χ1n) is 9.87. The average Bonchev–Trinajstić information content (AvgIpc) is 3.45. The fourth-order valence-electron chi connectivity index (χ4n) is 4.09. The van der Waals surface area contributed by atoms with Gasteiger partial charge < -0.3 is 19.3 Å². The van der Waals surface area contributed by atoms with E-state index in [4.69, 9.17) is 4.52 Å². The van der Waals surface area contributed by atoms with Crippen molar-refractivity contribution in [3.63, 3.8) is 0 Å². The van der Waals surface area contributed by atoms with Gasteiger partial charge in [0.2, 0.25) is 5.76 Å². The Balaban J connectivity index is 1.40. The summed E-state index contributed by atoms with van der Waals surface area (Å²) in [6, 6.07) is 7.42. The lowest BCUT2D eigenvalue weighted by atomic mass is 10.1. The molecule has 2 aliphatic rings. The van der Waals surface area contributed by atoms with Crippen LogP contribution < -0.4 is 5.32 Å². The molecule has 1 saturated heterocycles. The van der Waals surface area contributed by atoms with E-state index >= 15 is 0 Å². The molecule has 0 aliphatic carbocycles. The number of likely N-dealkylation sites (tertiary alicyclic amines) is 1. The zero-order chi connectivity index (χ0) is 19.8.